The smallest absolute Gasteiger partial charge is 0.244 e. The first kappa shape index (κ1) is 21.2. The Labute approximate surface area is 166 Å². The van der Waals surface area contributed by atoms with Crippen LogP contribution in [0.3, 0.4) is 0 Å². The second-order valence-corrected chi connectivity index (χ2v) is 6.29. The molecular weight excluding hydrogens is 358 g/mol. The number of methoxy groups -OCH3 is 3. The fourth-order valence-corrected chi connectivity index (χ4v) is 2.61. The van der Waals surface area contributed by atoms with Crippen molar-refractivity contribution in [1.82, 2.24) is 5.32 Å². The Bertz CT molecular complexity index is 814. The summed E-state index contributed by atoms with van der Waals surface area (Å²) in [5.41, 5.74) is 1.88. The summed E-state index contributed by atoms with van der Waals surface area (Å²) < 4.78 is 21.7. The first-order valence-electron chi connectivity index (χ1n) is 8.95. The lowest BCUT2D eigenvalue weighted by molar-refractivity contribution is -0.117. The van der Waals surface area contributed by atoms with Crippen LogP contribution in [0.2, 0.25) is 0 Å². The van der Waals surface area contributed by atoms with Crippen LogP contribution in [0.4, 0.5) is 0 Å². The van der Waals surface area contributed by atoms with Gasteiger partial charge in [0.1, 0.15) is 12.4 Å². The first-order valence-corrected chi connectivity index (χ1v) is 8.95. The summed E-state index contributed by atoms with van der Waals surface area (Å²) in [6.07, 6.45) is 3.12. The van der Waals surface area contributed by atoms with E-state index in [0.717, 1.165) is 5.75 Å². The lowest BCUT2D eigenvalue weighted by Gasteiger charge is -2.15. The molecule has 2 aromatic carbocycles. The quantitative estimate of drug-likeness (QED) is 0.668. The number of hydrogen-bond acceptors (Lipinski definition) is 5. The fraction of sp³-hybridized carbons (Fsp3) is 0.318. The molecule has 0 fully saturated rings. The van der Waals surface area contributed by atoms with Gasteiger partial charge in [0.2, 0.25) is 11.7 Å². The Balaban J connectivity index is 1.96. The van der Waals surface area contributed by atoms with Crippen LogP contribution in [0, 0.1) is 6.92 Å². The Morgan fingerprint density at radius 2 is 1.68 bits per heavy atom. The molecule has 0 unspecified atom stereocenters. The molecule has 0 spiro atoms. The molecule has 0 radical (unpaired) electrons. The number of rotatable bonds is 9. The molecule has 6 nitrogen and oxygen atoms in total. The van der Waals surface area contributed by atoms with Gasteiger partial charge in [-0.3, -0.25) is 4.79 Å². The molecule has 1 N–H and O–H groups in total. The van der Waals surface area contributed by atoms with Gasteiger partial charge in [-0.1, -0.05) is 17.7 Å². The van der Waals surface area contributed by atoms with Gasteiger partial charge in [0.05, 0.1) is 27.4 Å². The standard InChI is InChI=1S/C22H27NO5/c1-15-6-10-18(11-7-15)28-14-16(2)23-20(24)13-9-17-8-12-19(25-3)22(27-5)21(17)26-4/h6-13,16H,14H2,1-5H3,(H,23,24)/b13-9+/t16-/m1/s1. The normalized spacial score (nSPS) is 11.8. The monoisotopic (exact) mass is 385 g/mol. The molecule has 0 aliphatic heterocycles. The van der Waals surface area contributed by atoms with E-state index in [4.69, 9.17) is 18.9 Å². The fourth-order valence-electron chi connectivity index (χ4n) is 2.61. The topological polar surface area (TPSA) is 66.0 Å². The molecule has 2 aromatic rings. The number of carbonyl (C=O) groups excluding carboxylic acids is 1. The average molecular weight is 385 g/mol. The number of hydrogen-bond donors (Lipinski definition) is 1. The van der Waals surface area contributed by atoms with E-state index in [2.05, 4.69) is 5.32 Å². The van der Waals surface area contributed by atoms with Gasteiger partial charge in [0.15, 0.2) is 11.5 Å². The van der Waals surface area contributed by atoms with E-state index in [9.17, 15) is 4.79 Å². The minimum atomic E-state index is -0.225. The van der Waals surface area contributed by atoms with Gasteiger partial charge in [-0.15, -0.1) is 0 Å². The van der Waals surface area contributed by atoms with Crippen molar-refractivity contribution in [3.05, 3.63) is 53.6 Å². The van der Waals surface area contributed by atoms with Crippen LogP contribution in [0.1, 0.15) is 18.1 Å². The maximum absolute atomic E-state index is 12.2. The molecule has 2 rings (SSSR count). The zero-order chi connectivity index (χ0) is 20.5. The van der Waals surface area contributed by atoms with Crippen LogP contribution < -0.4 is 24.3 Å². The minimum absolute atomic E-state index is 0.147. The second kappa shape index (κ2) is 10.3. The molecule has 0 bridgehead atoms. The van der Waals surface area contributed by atoms with E-state index in [-0.39, 0.29) is 11.9 Å². The van der Waals surface area contributed by atoms with Crippen LogP contribution in [0.5, 0.6) is 23.0 Å². The van der Waals surface area contributed by atoms with E-state index in [1.54, 1.807) is 32.4 Å². The van der Waals surface area contributed by atoms with E-state index in [0.29, 0.717) is 29.4 Å². The van der Waals surface area contributed by atoms with Crippen LogP contribution in [-0.2, 0) is 4.79 Å². The molecular formula is C22H27NO5. The van der Waals surface area contributed by atoms with Crippen molar-refractivity contribution in [2.75, 3.05) is 27.9 Å². The van der Waals surface area contributed by atoms with Gasteiger partial charge >= 0.3 is 0 Å². The highest BCUT2D eigenvalue weighted by atomic mass is 16.5. The summed E-state index contributed by atoms with van der Waals surface area (Å²) in [4.78, 5) is 12.2. The molecule has 0 aliphatic carbocycles. The minimum Gasteiger partial charge on any atom is -0.493 e. The van der Waals surface area contributed by atoms with Gasteiger partial charge in [-0.2, -0.15) is 0 Å². The van der Waals surface area contributed by atoms with Crippen LogP contribution in [0.25, 0.3) is 6.08 Å². The van der Waals surface area contributed by atoms with E-state index in [1.165, 1.54) is 18.7 Å². The van der Waals surface area contributed by atoms with Crippen LogP contribution in [-0.4, -0.2) is 39.9 Å². The third-order valence-corrected chi connectivity index (χ3v) is 4.06. The molecule has 0 saturated carbocycles. The molecule has 0 saturated heterocycles. The molecule has 0 heterocycles. The molecule has 0 aliphatic rings. The zero-order valence-electron chi connectivity index (χ0n) is 16.9. The van der Waals surface area contributed by atoms with E-state index >= 15 is 0 Å². The summed E-state index contributed by atoms with van der Waals surface area (Å²) in [5.74, 6) is 2.09. The van der Waals surface area contributed by atoms with E-state index in [1.807, 2.05) is 38.1 Å². The second-order valence-electron chi connectivity index (χ2n) is 6.29. The van der Waals surface area contributed by atoms with Crippen molar-refractivity contribution in [3.63, 3.8) is 0 Å². The Morgan fingerprint density at radius 1 is 1.00 bits per heavy atom. The highest BCUT2D eigenvalue weighted by molar-refractivity contribution is 5.92. The Kier molecular flexibility index (Phi) is 7.75. The van der Waals surface area contributed by atoms with Gasteiger partial charge in [-0.05, 0) is 44.2 Å². The summed E-state index contributed by atoms with van der Waals surface area (Å²) in [6, 6.07) is 11.2. The summed E-state index contributed by atoms with van der Waals surface area (Å²) in [6.45, 7) is 4.28. The van der Waals surface area contributed by atoms with Gasteiger partial charge in [-0.25, -0.2) is 0 Å². The van der Waals surface area contributed by atoms with Crippen LogP contribution in [0.15, 0.2) is 42.5 Å². The Morgan fingerprint density at radius 3 is 2.29 bits per heavy atom. The van der Waals surface area contributed by atoms with Gasteiger partial charge in [0, 0.05) is 11.6 Å². The van der Waals surface area contributed by atoms with Gasteiger partial charge in [0.25, 0.3) is 0 Å². The van der Waals surface area contributed by atoms with Crippen molar-refractivity contribution in [3.8, 4) is 23.0 Å². The molecule has 28 heavy (non-hydrogen) atoms. The molecule has 0 aromatic heterocycles. The van der Waals surface area contributed by atoms with Crippen molar-refractivity contribution >= 4 is 12.0 Å². The van der Waals surface area contributed by atoms with Gasteiger partial charge < -0.3 is 24.3 Å². The van der Waals surface area contributed by atoms with Crippen LogP contribution >= 0.6 is 0 Å². The number of benzene rings is 2. The average Bonchev–Trinajstić information content (AvgIpc) is 2.70. The van der Waals surface area contributed by atoms with Crippen molar-refractivity contribution in [2.45, 2.75) is 19.9 Å². The zero-order valence-corrected chi connectivity index (χ0v) is 16.9. The summed E-state index contributed by atoms with van der Waals surface area (Å²) in [7, 11) is 4.63. The first-order chi connectivity index (χ1) is 13.5. The number of carbonyl (C=O) groups is 1. The molecule has 1 amide bonds. The third kappa shape index (κ3) is 5.67. The molecule has 1 atom stereocenters. The summed E-state index contributed by atoms with van der Waals surface area (Å²) >= 11 is 0. The molecule has 6 heteroatoms. The van der Waals surface area contributed by atoms with Crippen molar-refractivity contribution in [2.24, 2.45) is 0 Å². The number of nitrogens with one attached hydrogen (secondary N) is 1. The number of amides is 1. The molecule has 150 valence electrons. The van der Waals surface area contributed by atoms with E-state index < -0.39 is 0 Å². The maximum Gasteiger partial charge on any atom is 0.244 e. The SMILES string of the molecule is COc1ccc(/C=C/C(=O)N[C@H](C)COc2ccc(C)cc2)c(OC)c1OC. The number of aryl methyl sites for hydroxylation is 1. The lowest BCUT2D eigenvalue weighted by atomic mass is 10.1. The third-order valence-electron chi connectivity index (χ3n) is 4.06. The Hall–Kier alpha value is -3.15. The lowest BCUT2D eigenvalue weighted by Crippen LogP contribution is -2.35. The highest BCUT2D eigenvalue weighted by Crippen LogP contribution is 2.40. The largest absolute Gasteiger partial charge is 0.493 e. The summed E-state index contributed by atoms with van der Waals surface area (Å²) in [5, 5.41) is 2.87. The predicted molar refractivity (Wildman–Crippen MR) is 109 cm³/mol. The predicted octanol–water partition coefficient (Wildman–Crippen LogP) is 3.62. The van der Waals surface area contributed by atoms with Crippen molar-refractivity contribution < 1.29 is 23.7 Å². The van der Waals surface area contributed by atoms with Crippen molar-refractivity contribution in [1.29, 1.82) is 0 Å². The highest BCUT2D eigenvalue weighted by Gasteiger charge is 2.14. The maximum atomic E-state index is 12.2. The number of ether oxygens (including phenoxy) is 4.